The average molecular weight is 595 g/mol. The fourth-order valence-electron chi connectivity index (χ4n) is 4.84. The summed E-state index contributed by atoms with van der Waals surface area (Å²) in [7, 11) is 0. The van der Waals surface area contributed by atoms with Gasteiger partial charge in [-0.25, -0.2) is 15.0 Å². The van der Waals surface area contributed by atoms with Crippen LogP contribution in [0.15, 0.2) is 71.8 Å². The largest absolute Gasteiger partial charge is 0.395 e. The number of benzene rings is 2. The predicted molar refractivity (Wildman–Crippen MR) is 161 cm³/mol. The number of thiazole rings is 1. The van der Waals surface area contributed by atoms with E-state index in [1.165, 1.54) is 28.0 Å². The lowest BCUT2D eigenvalue weighted by Crippen LogP contribution is -2.47. The molecular formula is C28H25Cl2N7O2S. The fourth-order valence-corrected chi connectivity index (χ4v) is 6.31. The highest BCUT2D eigenvalue weighted by Gasteiger charge is 2.22. The molecule has 0 atom stereocenters. The highest BCUT2D eigenvalue weighted by atomic mass is 35.5. The smallest absolute Gasteiger partial charge is 0.258 e. The summed E-state index contributed by atoms with van der Waals surface area (Å²) >= 11 is 14.3. The Morgan fingerprint density at radius 2 is 1.77 bits per heavy atom. The number of aromatic nitrogens is 4. The van der Waals surface area contributed by atoms with Crippen LogP contribution in [-0.2, 0) is 0 Å². The molecule has 0 spiro atoms. The van der Waals surface area contributed by atoms with Crippen molar-refractivity contribution in [2.75, 3.05) is 49.5 Å². The molecule has 0 amide bonds. The van der Waals surface area contributed by atoms with E-state index >= 15 is 0 Å². The van der Waals surface area contributed by atoms with Gasteiger partial charge in [0.1, 0.15) is 0 Å². The van der Waals surface area contributed by atoms with Crippen LogP contribution in [0.5, 0.6) is 0 Å². The van der Waals surface area contributed by atoms with Crippen LogP contribution in [0.3, 0.4) is 0 Å². The van der Waals surface area contributed by atoms with Gasteiger partial charge < -0.3 is 15.3 Å². The maximum Gasteiger partial charge on any atom is 0.258 e. The standard InChI is InChI=1S/C28H25Cl2N7O2S/c29-21-6-2-5-20(24(21)30)25-26(40-28-32-10-8-23(39)37(25)28)22-7-9-31-27(34-22)33-18-3-1-4-19(17-18)36-13-11-35(12-14-36)15-16-38/h1-10,17,38H,11-16H2,(H,31,33,34). The zero-order valence-corrected chi connectivity index (χ0v) is 23.6. The fraction of sp³-hybridized carbons (Fsp3) is 0.214. The van der Waals surface area contributed by atoms with Crippen molar-refractivity contribution in [3.63, 3.8) is 0 Å². The number of aliphatic hydroxyl groups excluding tert-OH is 1. The number of nitrogens with one attached hydrogen (secondary N) is 1. The Kier molecular flexibility index (Phi) is 7.68. The Hall–Kier alpha value is -3.54. The molecule has 204 valence electrons. The zero-order valence-electron chi connectivity index (χ0n) is 21.3. The molecule has 40 heavy (non-hydrogen) atoms. The Labute approximate surface area is 244 Å². The molecule has 1 aliphatic heterocycles. The molecule has 0 bridgehead atoms. The Bertz CT molecular complexity index is 1730. The molecule has 0 saturated carbocycles. The van der Waals surface area contributed by atoms with Gasteiger partial charge in [0.05, 0.1) is 32.9 Å². The Balaban J connectivity index is 1.33. The summed E-state index contributed by atoms with van der Waals surface area (Å²) in [5.41, 5.74) is 3.56. The Morgan fingerprint density at radius 1 is 0.975 bits per heavy atom. The predicted octanol–water partition coefficient (Wildman–Crippen LogP) is 5.04. The number of hydrogen-bond acceptors (Lipinski definition) is 9. The number of fused-ring (bicyclic) bond motifs is 1. The van der Waals surface area contributed by atoms with E-state index in [0.29, 0.717) is 44.5 Å². The minimum atomic E-state index is -0.222. The molecule has 6 rings (SSSR count). The van der Waals surface area contributed by atoms with Crippen molar-refractivity contribution >= 4 is 56.8 Å². The van der Waals surface area contributed by atoms with Gasteiger partial charge in [-0.15, -0.1) is 0 Å². The van der Waals surface area contributed by atoms with Gasteiger partial charge >= 0.3 is 0 Å². The van der Waals surface area contributed by atoms with E-state index in [4.69, 9.17) is 28.2 Å². The number of hydrogen-bond donors (Lipinski definition) is 2. The molecule has 1 aliphatic rings. The van der Waals surface area contributed by atoms with Gasteiger partial charge in [-0.05, 0) is 30.3 Å². The summed E-state index contributed by atoms with van der Waals surface area (Å²) < 4.78 is 1.54. The van der Waals surface area contributed by atoms with Crippen molar-refractivity contribution in [3.05, 3.63) is 87.4 Å². The molecule has 12 heteroatoms. The summed E-state index contributed by atoms with van der Waals surface area (Å²) in [6.07, 6.45) is 3.17. The quantitative estimate of drug-likeness (QED) is 0.271. The number of rotatable bonds is 7. The normalized spacial score (nSPS) is 14.1. The van der Waals surface area contributed by atoms with Crippen LogP contribution in [0, 0.1) is 0 Å². The SMILES string of the molecule is O=c1ccnc2sc(-c3ccnc(Nc4cccc(N5CCN(CCO)CC5)c4)n3)c(-c3cccc(Cl)c3Cl)n12. The van der Waals surface area contributed by atoms with Crippen molar-refractivity contribution in [1.29, 1.82) is 0 Å². The molecular weight excluding hydrogens is 569 g/mol. The lowest BCUT2D eigenvalue weighted by molar-refractivity contribution is 0.189. The van der Waals surface area contributed by atoms with Crippen LogP contribution in [0.2, 0.25) is 10.0 Å². The first-order chi connectivity index (χ1) is 19.5. The van der Waals surface area contributed by atoms with Crippen molar-refractivity contribution in [2.24, 2.45) is 0 Å². The van der Waals surface area contributed by atoms with Crippen molar-refractivity contribution in [1.82, 2.24) is 24.3 Å². The highest BCUT2D eigenvalue weighted by molar-refractivity contribution is 7.20. The van der Waals surface area contributed by atoms with Crippen molar-refractivity contribution < 1.29 is 5.11 Å². The number of aliphatic hydroxyl groups is 1. The minimum absolute atomic E-state index is 0.181. The number of halogens is 2. The summed E-state index contributed by atoms with van der Waals surface area (Å²) in [5.74, 6) is 0.420. The molecule has 1 fully saturated rings. The summed E-state index contributed by atoms with van der Waals surface area (Å²) in [6.45, 7) is 4.50. The average Bonchev–Trinajstić information content (AvgIpc) is 3.36. The van der Waals surface area contributed by atoms with Gasteiger partial charge in [0.25, 0.3) is 5.56 Å². The maximum atomic E-state index is 12.9. The second-order valence-corrected chi connectivity index (χ2v) is 11.0. The highest BCUT2D eigenvalue weighted by Crippen LogP contribution is 2.42. The molecule has 1 saturated heterocycles. The van der Waals surface area contributed by atoms with Gasteiger partial charge in [-0.2, -0.15) is 0 Å². The van der Waals surface area contributed by atoms with E-state index in [1.54, 1.807) is 24.4 Å². The molecule has 2 N–H and O–H groups in total. The first-order valence-corrected chi connectivity index (χ1v) is 14.3. The molecule has 3 aromatic heterocycles. The third-order valence-corrected chi connectivity index (χ3v) is 8.69. The maximum absolute atomic E-state index is 12.9. The van der Waals surface area contributed by atoms with Crippen LogP contribution in [0.1, 0.15) is 0 Å². The van der Waals surface area contributed by atoms with E-state index in [1.807, 2.05) is 18.2 Å². The van der Waals surface area contributed by atoms with Crippen LogP contribution >= 0.6 is 34.5 Å². The monoisotopic (exact) mass is 593 g/mol. The molecule has 0 unspecified atom stereocenters. The van der Waals surface area contributed by atoms with E-state index in [2.05, 4.69) is 37.2 Å². The van der Waals surface area contributed by atoms with Gasteiger partial charge in [-0.1, -0.05) is 52.7 Å². The van der Waals surface area contributed by atoms with Gasteiger partial charge in [-0.3, -0.25) is 14.1 Å². The van der Waals surface area contributed by atoms with Gasteiger partial charge in [0.2, 0.25) is 5.95 Å². The zero-order chi connectivity index (χ0) is 27.6. The minimum Gasteiger partial charge on any atom is -0.395 e. The third kappa shape index (κ3) is 5.28. The van der Waals surface area contributed by atoms with Crippen LogP contribution in [0.25, 0.3) is 26.8 Å². The van der Waals surface area contributed by atoms with Crippen molar-refractivity contribution in [2.45, 2.75) is 0 Å². The van der Waals surface area contributed by atoms with Crippen molar-refractivity contribution in [3.8, 4) is 21.8 Å². The first kappa shape index (κ1) is 26.7. The number of anilines is 3. The molecule has 2 aromatic carbocycles. The molecule has 9 nitrogen and oxygen atoms in total. The molecule has 5 aromatic rings. The number of nitrogens with zero attached hydrogens (tertiary/aromatic N) is 6. The van der Waals surface area contributed by atoms with Crippen LogP contribution in [-0.4, -0.2) is 68.7 Å². The first-order valence-electron chi connectivity index (χ1n) is 12.8. The lowest BCUT2D eigenvalue weighted by Gasteiger charge is -2.35. The van der Waals surface area contributed by atoms with Gasteiger partial charge in [0, 0.05) is 68.1 Å². The van der Waals surface area contributed by atoms with E-state index in [0.717, 1.165) is 42.4 Å². The van der Waals surface area contributed by atoms with Gasteiger partial charge in [0.15, 0.2) is 4.96 Å². The number of β-amino-alcohol motifs (C(OH)–C–C–N with tert-alkyl or cyclic N) is 1. The molecule has 0 aliphatic carbocycles. The van der Waals surface area contributed by atoms with E-state index in [-0.39, 0.29) is 12.2 Å². The second kappa shape index (κ2) is 11.5. The molecule has 4 heterocycles. The molecule has 0 radical (unpaired) electrons. The van der Waals surface area contributed by atoms with Crippen LogP contribution < -0.4 is 15.8 Å². The Morgan fingerprint density at radius 3 is 2.60 bits per heavy atom. The van der Waals surface area contributed by atoms with Crippen LogP contribution in [0.4, 0.5) is 17.3 Å². The topological polar surface area (TPSA) is 98.9 Å². The lowest BCUT2D eigenvalue weighted by atomic mass is 10.1. The van der Waals surface area contributed by atoms with E-state index in [9.17, 15) is 9.90 Å². The second-order valence-electron chi connectivity index (χ2n) is 9.28. The third-order valence-electron chi connectivity index (χ3n) is 6.80. The van der Waals surface area contributed by atoms with E-state index < -0.39 is 0 Å². The number of piperazine rings is 1. The summed E-state index contributed by atoms with van der Waals surface area (Å²) in [5, 5.41) is 13.3. The summed E-state index contributed by atoms with van der Waals surface area (Å²) in [6, 6.07) is 16.7. The summed E-state index contributed by atoms with van der Waals surface area (Å²) in [4.78, 5) is 32.4.